The van der Waals surface area contributed by atoms with Gasteiger partial charge >= 0.3 is 5.97 Å². The lowest BCUT2D eigenvalue weighted by Gasteiger charge is -2.44. The zero-order valence-corrected chi connectivity index (χ0v) is 15.1. The maximum atomic E-state index is 12.2. The van der Waals surface area contributed by atoms with Crippen LogP contribution in [0.25, 0.3) is 0 Å². The van der Waals surface area contributed by atoms with Crippen molar-refractivity contribution in [2.24, 2.45) is 11.8 Å². The number of benzene rings is 1. The van der Waals surface area contributed by atoms with E-state index in [0.29, 0.717) is 5.92 Å². The molecule has 4 atom stereocenters. The zero-order valence-electron chi connectivity index (χ0n) is 15.1. The van der Waals surface area contributed by atoms with Crippen LogP contribution in [-0.2, 0) is 14.9 Å². The summed E-state index contributed by atoms with van der Waals surface area (Å²) in [5, 5.41) is 9.87. The highest BCUT2D eigenvalue weighted by Crippen LogP contribution is 2.43. The lowest BCUT2D eigenvalue weighted by molar-refractivity contribution is -0.166. The van der Waals surface area contributed by atoms with E-state index in [0.717, 1.165) is 19.3 Å². The number of esters is 1. The van der Waals surface area contributed by atoms with Crippen LogP contribution < -0.4 is 0 Å². The first-order valence-electron chi connectivity index (χ1n) is 8.91. The predicted molar refractivity (Wildman–Crippen MR) is 96.7 cm³/mol. The van der Waals surface area contributed by atoms with Gasteiger partial charge < -0.3 is 9.84 Å². The average Bonchev–Trinajstić information content (AvgIpc) is 2.55. The Morgan fingerprint density at radius 1 is 1.38 bits per heavy atom. The Hall–Kier alpha value is -1.61. The van der Waals surface area contributed by atoms with Gasteiger partial charge in [-0.2, -0.15) is 0 Å². The Bertz CT molecular complexity index is 549. The smallest absolute Gasteiger partial charge is 0.335 e. The molecule has 0 amide bonds. The van der Waals surface area contributed by atoms with Gasteiger partial charge in [0.2, 0.25) is 0 Å². The van der Waals surface area contributed by atoms with E-state index < -0.39 is 12.1 Å². The third kappa shape index (κ3) is 4.27. The molecule has 1 N–H and O–H groups in total. The van der Waals surface area contributed by atoms with E-state index in [2.05, 4.69) is 51.6 Å². The lowest BCUT2D eigenvalue weighted by Crippen LogP contribution is -2.44. The molecule has 1 fully saturated rings. The summed E-state index contributed by atoms with van der Waals surface area (Å²) in [7, 11) is 0. The summed E-state index contributed by atoms with van der Waals surface area (Å²) in [6.45, 7) is 10.2. The number of carbonyl (C=O) groups excluding carboxylic acids is 1. The highest BCUT2D eigenvalue weighted by atomic mass is 16.6. The Kier molecular flexibility index (Phi) is 6.22. The molecule has 0 spiro atoms. The fourth-order valence-corrected chi connectivity index (χ4v) is 3.85. The van der Waals surface area contributed by atoms with Crippen molar-refractivity contribution in [2.45, 2.75) is 64.1 Å². The molecule has 0 radical (unpaired) electrons. The molecular formula is C21H30O3. The summed E-state index contributed by atoms with van der Waals surface area (Å²) < 4.78 is 5.76. The number of aliphatic hydroxyl groups is 1. The minimum absolute atomic E-state index is 0.0876. The van der Waals surface area contributed by atoms with Crippen molar-refractivity contribution in [3.8, 4) is 0 Å². The Balaban J connectivity index is 2.19. The normalized spacial score (nSPS) is 25.8. The van der Waals surface area contributed by atoms with Gasteiger partial charge in [-0.25, -0.2) is 4.79 Å². The van der Waals surface area contributed by atoms with Crippen LogP contribution in [0.5, 0.6) is 0 Å². The maximum Gasteiger partial charge on any atom is 0.335 e. The second-order valence-corrected chi connectivity index (χ2v) is 7.63. The van der Waals surface area contributed by atoms with E-state index in [1.165, 1.54) is 5.56 Å². The van der Waals surface area contributed by atoms with Crippen LogP contribution in [0.4, 0.5) is 0 Å². The summed E-state index contributed by atoms with van der Waals surface area (Å²) >= 11 is 0. The topological polar surface area (TPSA) is 46.5 Å². The second kappa shape index (κ2) is 7.98. The van der Waals surface area contributed by atoms with Crippen molar-refractivity contribution in [2.75, 3.05) is 0 Å². The van der Waals surface area contributed by atoms with Gasteiger partial charge in [0.15, 0.2) is 6.10 Å². The third-order valence-electron chi connectivity index (χ3n) is 5.43. The van der Waals surface area contributed by atoms with Gasteiger partial charge in [0.1, 0.15) is 6.10 Å². The van der Waals surface area contributed by atoms with Crippen LogP contribution >= 0.6 is 0 Å². The molecule has 4 unspecified atom stereocenters. The van der Waals surface area contributed by atoms with Crippen molar-refractivity contribution in [1.82, 2.24) is 0 Å². The van der Waals surface area contributed by atoms with Crippen molar-refractivity contribution < 1.29 is 14.6 Å². The molecule has 3 nitrogen and oxygen atoms in total. The lowest BCUT2D eigenvalue weighted by atomic mass is 9.64. The van der Waals surface area contributed by atoms with Crippen LogP contribution in [0.1, 0.15) is 52.0 Å². The van der Waals surface area contributed by atoms with E-state index >= 15 is 0 Å². The van der Waals surface area contributed by atoms with E-state index in [1.807, 2.05) is 6.07 Å². The van der Waals surface area contributed by atoms with Gasteiger partial charge in [-0.05, 0) is 29.7 Å². The van der Waals surface area contributed by atoms with Crippen molar-refractivity contribution in [3.05, 3.63) is 48.6 Å². The van der Waals surface area contributed by atoms with E-state index in [-0.39, 0.29) is 23.9 Å². The summed E-state index contributed by atoms with van der Waals surface area (Å²) in [6.07, 6.45) is 3.53. The summed E-state index contributed by atoms with van der Waals surface area (Å²) in [5.74, 6) is 0.251. The fraction of sp³-hybridized carbons (Fsp3) is 0.571. The van der Waals surface area contributed by atoms with Gasteiger partial charge in [-0.1, -0.05) is 63.6 Å². The number of aliphatic hydroxyl groups excluding tert-OH is 1. The minimum Gasteiger partial charge on any atom is -0.460 e. The molecule has 0 heterocycles. The summed E-state index contributed by atoms with van der Waals surface area (Å²) in [6, 6.07) is 10.4. The van der Waals surface area contributed by atoms with Crippen molar-refractivity contribution >= 4 is 5.97 Å². The van der Waals surface area contributed by atoms with Crippen LogP contribution in [0.3, 0.4) is 0 Å². The Labute approximate surface area is 145 Å². The average molecular weight is 330 g/mol. The fourth-order valence-electron chi connectivity index (χ4n) is 3.85. The second-order valence-electron chi connectivity index (χ2n) is 7.63. The highest BCUT2D eigenvalue weighted by Gasteiger charge is 2.42. The largest absolute Gasteiger partial charge is 0.460 e. The van der Waals surface area contributed by atoms with Gasteiger partial charge in [-0.3, -0.25) is 0 Å². The molecule has 0 saturated heterocycles. The third-order valence-corrected chi connectivity index (χ3v) is 5.43. The maximum absolute atomic E-state index is 12.2. The quantitative estimate of drug-likeness (QED) is 0.626. The van der Waals surface area contributed by atoms with E-state index in [4.69, 9.17) is 4.74 Å². The first kappa shape index (κ1) is 18.7. The van der Waals surface area contributed by atoms with Gasteiger partial charge in [0, 0.05) is 12.3 Å². The van der Waals surface area contributed by atoms with Crippen LogP contribution in [0, 0.1) is 11.8 Å². The molecule has 1 saturated carbocycles. The first-order chi connectivity index (χ1) is 11.4. The molecule has 0 aliphatic heterocycles. The Morgan fingerprint density at radius 2 is 2.04 bits per heavy atom. The number of ether oxygens (including phenoxy) is 1. The molecular weight excluding hydrogens is 300 g/mol. The number of hydrogen-bond donors (Lipinski definition) is 1. The molecule has 2 rings (SSSR count). The van der Waals surface area contributed by atoms with E-state index in [1.54, 1.807) is 6.08 Å². The monoisotopic (exact) mass is 330 g/mol. The molecule has 1 aliphatic rings. The van der Waals surface area contributed by atoms with Crippen LogP contribution in [0.15, 0.2) is 43.0 Å². The highest BCUT2D eigenvalue weighted by molar-refractivity contribution is 5.74. The summed E-state index contributed by atoms with van der Waals surface area (Å²) in [5.41, 5.74) is 1.17. The number of hydrogen-bond acceptors (Lipinski definition) is 3. The summed E-state index contributed by atoms with van der Waals surface area (Å²) in [4.78, 5) is 12.2. The number of carbonyl (C=O) groups is 1. The van der Waals surface area contributed by atoms with Crippen molar-refractivity contribution in [3.63, 3.8) is 0 Å². The van der Waals surface area contributed by atoms with Crippen molar-refractivity contribution in [1.29, 1.82) is 0 Å². The first-order valence-corrected chi connectivity index (χ1v) is 8.91. The van der Waals surface area contributed by atoms with Crippen LogP contribution in [-0.4, -0.2) is 23.3 Å². The van der Waals surface area contributed by atoms with Gasteiger partial charge in [-0.15, -0.1) is 6.58 Å². The number of rotatable bonds is 6. The molecule has 3 heteroatoms. The molecule has 1 aromatic rings. The standard InChI is InChI=1S/C21H30O3/c1-5-9-18(22)20(23)24-19-14-15(2)12-13-17(19)21(3,4)16-10-7-6-8-11-16/h5-8,10-11,15,17-19,22H,1,9,12-14H2,2-4H3. The van der Waals surface area contributed by atoms with Crippen LogP contribution in [0.2, 0.25) is 0 Å². The van der Waals surface area contributed by atoms with E-state index in [9.17, 15) is 9.90 Å². The molecule has 1 aliphatic carbocycles. The molecule has 1 aromatic carbocycles. The van der Waals surface area contributed by atoms with Gasteiger partial charge in [0.25, 0.3) is 0 Å². The molecule has 132 valence electrons. The minimum atomic E-state index is -1.11. The Morgan fingerprint density at radius 3 is 2.67 bits per heavy atom. The zero-order chi connectivity index (χ0) is 17.7. The molecule has 0 bridgehead atoms. The predicted octanol–water partition coefficient (Wildman–Crippen LogP) is 4.25. The SMILES string of the molecule is C=CCC(O)C(=O)OC1CC(C)CCC1C(C)(C)c1ccccc1. The van der Waals surface area contributed by atoms with Gasteiger partial charge in [0.05, 0.1) is 0 Å². The molecule has 0 aromatic heterocycles. The molecule has 24 heavy (non-hydrogen) atoms.